The zero-order valence-corrected chi connectivity index (χ0v) is 11.3. The normalized spacial score (nSPS) is 21.4. The summed E-state index contributed by atoms with van der Waals surface area (Å²) in [5, 5.41) is 17.5. The number of rotatable bonds is 3. The van der Waals surface area contributed by atoms with Crippen molar-refractivity contribution in [3.8, 4) is 0 Å². The van der Waals surface area contributed by atoms with Crippen molar-refractivity contribution in [1.29, 1.82) is 0 Å². The lowest BCUT2D eigenvalue weighted by Gasteiger charge is -2.34. The fourth-order valence-electron chi connectivity index (χ4n) is 2.04. The summed E-state index contributed by atoms with van der Waals surface area (Å²) < 4.78 is 23.1. The number of hydrogen-bond acceptors (Lipinski definition) is 5. The molecule has 0 spiro atoms. The second-order valence-corrected chi connectivity index (χ2v) is 6.71. The third kappa shape index (κ3) is 3.47. The topological polar surface area (TPSA) is 132 Å². The average Bonchev–Trinajstić information content (AvgIpc) is 2.79. The second kappa shape index (κ2) is 5.49. The van der Waals surface area contributed by atoms with Gasteiger partial charge in [0.25, 0.3) is 0 Å². The van der Waals surface area contributed by atoms with Crippen molar-refractivity contribution in [3.63, 3.8) is 0 Å². The van der Waals surface area contributed by atoms with Crippen molar-refractivity contribution in [2.24, 2.45) is 0 Å². The second-order valence-electron chi connectivity index (χ2n) is 4.48. The molecule has 1 atom stereocenters. The molecule has 1 unspecified atom stereocenters. The molecule has 0 aliphatic carbocycles. The number of sulfone groups is 1. The molecule has 1 saturated heterocycles. The predicted octanol–water partition coefficient (Wildman–Crippen LogP) is -0.485. The van der Waals surface area contributed by atoms with Crippen LogP contribution in [-0.2, 0) is 14.6 Å². The van der Waals surface area contributed by atoms with Gasteiger partial charge in [-0.15, -0.1) is 0 Å². The summed E-state index contributed by atoms with van der Waals surface area (Å²) in [5.41, 5.74) is 0.428. The number of amides is 2. The molecule has 9 nitrogen and oxygen atoms in total. The van der Waals surface area contributed by atoms with Crippen LogP contribution in [0.2, 0.25) is 0 Å². The highest BCUT2D eigenvalue weighted by Gasteiger charge is 2.35. The van der Waals surface area contributed by atoms with Crippen molar-refractivity contribution < 1.29 is 23.1 Å². The van der Waals surface area contributed by atoms with Crippen molar-refractivity contribution in [1.82, 2.24) is 15.1 Å². The number of carboxylic acids is 1. The maximum Gasteiger partial charge on any atom is 0.322 e. The first kappa shape index (κ1) is 14.3. The summed E-state index contributed by atoms with van der Waals surface area (Å²) in [7, 11) is -3.31. The number of H-pyrrole nitrogens is 1. The van der Waals surface area contributed by atoms with Crippen LogP contribution in [0.25, 0.3) is 0 Å². The molecule has 3 N–H and O–H groups in total. The number of urea groups is 1. The van der Waals surface area contributed by atoms with Gasteiger partial charge in [-0.2, -0.15) is 5.10 Å². The predicted molar refractivity (Wildman–Crippen MR) is 69.0 cm³/mol. The van der Waals surface area contributed by atoms with E-state index in [1.54, 1.807) is 0 Å². The number of carbonyl (C=O) groups excluding carboxylic acids is 1. The van der Waals surface area contributed by atoms with Gasteiger partial charge in [0.15, 0.2) is 9.84 Å². The minimum atomic E-state index is -3.31. The summed E-state index contributed by atoms with van der Waals surface area (Å²) in [6.07, 6.45) is 2.45. The summed E-state index contributed by atoms with van der Waals surface area (Å²) in [6.45, 7) is -0.0238. The van der Waals surface area contributed by atoms with Gasteiger partial charge in [-0.3, -0.25) is 9.89 Å². The van der Waals surface area contributed by atoms with Crippen molar-refractivity contribution in [3.05, 3.63) is 12.4 Å². The van der Waals surface area contributed by atoms with Crippen LogP contribution in [0.4, 0.5) is 10.5 Å². The molecule has 1 aliphatic heterocycles. The van der Waals surface area contributed by atoms with E-state index in [1.165, 1.54) is 17.3 Å². The molecule has 1 aromatic rings. The summed E-state index contributed by atoms with van der Waals surface area (Å²) >= 11 is 0. The molecular weight excluding hydrogens is 288 g/mol. The van der Waals surface area contributed by atoms with Crippen LogP contribution in [0.5, 0.6) is 0 Å². The van der Waals surface area contributed by atoms with Gasteiger partial charge in [-0.1, -0.05) is 0 Å². The van der Waals surface area contributed by atoms with Crippen LogP contribution < -0.4 is 5.32 Å². The Morgan fingerprint density at radius 3 is 2.90 bits per heavy atom. The Kier molecular flexibility index (Phi) is 3.93. The van der Waals surface area contributed by atoms with Gasteiger partial charge in [-0.05, 0) is 0 Å². The van der Waals surface area contributed by atoms with Crippen molar-refractivity contribution >= 4 is 27.5 Å². The fourth-order valence-corrected chi connectivity index (χ4v) is 3.56. The van der Waals surface area contributed by atoms with Gasteiger partial charge in [0, 0.05) is 12.7 Å². The number of anilines is 1. The highest BCUT2D eigenvalue weighted by atomic mass is 32.2. The highest BCUT2D eigenvalue weighted by Crippen LogP contribution is 2.16. The van der Waals surface area contributed by atoms with Crippen LogP contribution >= 0.6 is 0 Å². The number of aromatic amines is 1. The van der Waals surface area contributed by atoms with Crippen LogP contribution in [0.3, 0.4) is 0 Å². The van der Waals surface area contributed by atoms with E-state index in [-0.39, 0.29) is 18.1 Å². The maximum atomic E-state index is 12.1. The monoisotopic (exact) mass is 302 g/mol. The van der Waals surface area contributed by atoms with E-state index in [1.807, 2.05) is 0 Å². The first-order valence-corrected chi connectivity index (χ1v) is 7.68. The van der Waals surface area contributed by atoms with Crippen LogP contribution in [0.1, 0.15) is 6.42 Å². The lowest BCUT2D eigenvalue weighted by molar-refractivity contribution is -0.137. The molecule has 0 aromatic carbocycles. The summed E-state index contributed by atoms with van der Waals surface area (Å²) in [6, 6.07) is -1.40. The third-order valence-electron chi connectivity index (χ3n) is 2.95. The van der Waals surface area contributed by atoms with E-state index in [0.29, 0.717) is 5.69 Å². The lowest BCUT2D eigenvalue weighted by atomic mass is 10.2. The van der Waals surface area contributed by atoms with Gasteiger partial charge in [0.2, 0.25) is 0 Å². The van der Waals surface area contributed by atoms with E-state index in [4.69, 9.17) is 5.11 Å². The standard InChI is InChI=1S/C10H14N4O5S/c15-9(16)3-8-6-20(18,19)2-1-14(8)10(17)13-7-4-11-12-5-7/h4-5,8H,1-3,6H2,(H,11,12)(H,13,17)(H,15,16). The molecule has 110 valence electrons. The molecule has 2 amide bonds. The third-order valence-corrected chi connectivity index (χ3v) is 4.65. The molecule has 20 heavy (non-hydrogen) atoms. The Morgan fingerprint density at radius 2 is 2.30 bits per heavy atom. The molecule has 1 aromatic heterocycles. The largest absolute Gasteiger partial charge is 0.481 e. The number of aromatic nitrogens is 2. The zero-order chi connectivity index (χ0) is 14.8. The number of carbonyl (C=O) groups is 2. The zero-order valence-electron chi connectivity index (χ0n) is 10.4. The molecular formula is C10H14N4O5S. The number of carboxylic acid groups (broad SMARTS) is 1. The van der Waals surface area contributed by atoms with Gasteiger partial charge in [-0.25, -0.2) is 13.2 Å². The highest BCUT2D eigenvalue weighted by molar-refractivity contribution is 7.91. The molecule has 2 rings (SSSR count). The van der Waals surface area contributed by atoms with E-state index < -0.39 is 34.3 Å². The first-order chi connectivity index (χ1) is 9.37. The molecule has 10 heteroatoms. The van der Waals surface area contributed by atoms with Gasteiger partial charge in [0.05, 0.1) is 35.9 Å². The first-order valence-electron chi connectivity index (χ1n) is 5.86. The SMILES string of the molecule is O=C(O)CC1CS(=O)(=O)CCN1C(=O)Nc1cn[nH]c1. The molecule has 2 heterocycles. The van der Waals surface area contributed by atoms with Gasteiger partial charge in [0.1, 0.15) is 0 Å². The number of hydrogen-bond donors (Lipinski definition) is 3. The minimum Gasteiger partial charge on any atom is -0.481 e. The Balaban J connectivity index is 2.11. The molecule has 0 saturated carbocycles. The van der Waals surface area contributed by atoms with Crippen LogP contribution in [-0.4, -0.2) is 64.7 Å². The van der Waals surface area contributed by atoms with Gasteiger partial charge >= 0.3 is 12.0 Å². The number of nitrogens with one attached hydrogen (secondary N) is 2. The molecule has 1 aliphatic rings. The average molecular weight is 302 g/mol. The maximum absolute atomic E-state index is 12.1. The summed E-state index contributed by atoms with van der Waals surface area (Å²) in [4.78, 5) is 24.1. The Bertz CT molecular complexity index is 597. The Morgan fingerprint density at radius 1 is 1.55 bits per heavy atom. The molecule has 0 bridgehead atoms. The van der Waals surface area contributed by atoms with Crippen LogP contribution in [0, 0.1) is 0 Å². The Labute approximate surface area is 114 Å². The van der Waals surface area contributed by atoms with Crippen LogP contribution in [0.15, 0.2) is 12.4 Å². The van der Waals surface area contributed by atoms with E-state index in [0.717, 1.165) is 0 Å². The van der Waals surface area contributed by atoms with Crippen molar-refractivity contribution in [2.75, 3.05) is 23.4 Å². The minimum absolute atomic E-state index is 0.0238. The number of aliphatic carboxylic acids is 1. The fraction of sp³-hybridized carbons (Fsp3) is 0.500. The Hall–Kier alpha value is -2.10. The molecule has 1 fully saturated rings. The van der Waals surface area contributed by atoms with Crippen molar-refractivity contribution in [2.45, 2.75) is 12.5 Å². The quantitative estimate of drug-likeness (QED) is 0.690. The molecule has 0 radical (unpaired) electrons. The smallest absolute Gasteiger partial charge is 0.322 e. The number of nitrogens with zero attached hydrogens (tertiary/aromatic N) is 2. The summed E-state index contributed by atoms with van der Waals surface area (Å²) in [5.74, 6) is -1.65. The van der Waals surface area contributed by atoms with E-state index in [2.05, 4.69) is 15.5 Å². The van der Waals surface area contributed by atoms with E-state index >= 15 is 0 Å². The van der Waals surface area contributed by atoms with E-state index in [9.17, 15) is 18.0 Å². The van der Waals surface area contributed by atoms with Gasteiger partial charge < -0.3 is 15.3 Å². The lowest BCUT2D eigenvalue weighted by Crippen LogP contribution is -2.53.